The fraction of sp³-hybridized carbons (Fsp3) is 0.161. The van der Waals surface area contributed by atoms with Crippen molar-refractivity contribution in [3.63, 3.8) is 0 Å². The molecule has 0 aliphatic heterocycles. The van der Waals surface area contributed by atoms with Crippen molar-refractivity contribution in [2.75, 3.05) is 10.6 Å². The van der Waals surface area contributed by atoms with Crippen LogP contribution in [0.2, 0.25) is 0 Å². The summed E-state index contributed by atoms with van der Waals surface area (Å²) in [7, 11) is 0. The van der Waals surface area contributed by atoms with Crippen molar-refractivity contribution in [3.8, 4) is 0 Å². The third kappa shape index (κ3) is 5.25. The average molecular weight is 508 g/mol. The van der Waals surface area contributed by atoms with E-state index in [1.807, 2.05) is 74.5 Å². The summed E-state index contributed by atoms with van der Waals surface area (Å²) in [5.41, 5.74) is 5.60. The Bertz CT molecular complexity index is 1590. The number of rotatable bonds is 7. The molecule has 6 heteroatoms. The number of nitrogens with one attached hydrogen (secondary N) is 2. The van der Waals surface area contributed by atoms with Crippen LogP contribution in [0.25, 0.3) is 21.8 Å². The van der Waals surface area contributed by atoms with E-state index < -0.39 is 0 Å². The van der Waals surface area contributed by atoms with Crippen LogP contribution in [0, 0.1) is 6.92 Å². The van der Waals surface area contributed by atoms with E-state index in [4.69, 9.17) is 0 Å². The van der Waals surface area contributed by atoms with E-state index >= 15 is 0 Å². The molecule has 1 aromatic heterocycles. The number of carbonyl (C=O) groups is 2. The summed E-state index contributed by atoms with van der Waals surface area (Å²) in [4.78, 5) is 26.4. The van der Waals surface area contributed by atoms with Crippen LogP contribution in [0.5, 0.6) is 0 Å². The molecular formula is C31H29N3O2S. The molecule has 2 amide bonds. The van der Waals surface area contributed by atoms with E-state index in [1.54, 1.807) is 0 Å². The second kappa shape index (κ2) is 10.5. The third-order valence-electron chi connectivity index (χ3n) is 6.46. The van der Waals surface area contributed by atoms with Crippen LogP contribution in [0.15, 0.2) is 95.9 Å². The summed E-state index contributed by atoms with van der Waals surface area (Å²) >= 11 is 1.48. The maximum atomic E-state index is 13.0. The second-order valence-corrected chi connectivity index (χ2v) is 10.5. The van der Waals surface area contributed by atoms with Gasteiger partial charge in [0.15, 0.2) is 0 Å². The largest absolute Gasteiger partial charge is 0.341 e. The minimum atomic E-state index is -0.291. The zero-order valence-electron chi connectivity index (χ0n) is 21.1. The van der Waals surface area contributed by atoms with Gasteiger partial charge in [-0.1, -0.05) is 35.9 Å². The Balaban J connectivity index is 1.23. The van der Waals surface area contributed by atoms with Gasteiger partial charge in [-0.15, -0.1) is 11.8 Å². The Labute approximate surface area is 220 Å². The summed E-state index contributed by atoms with van der Waals surface area (Å²) in [6.07, 6.45) is 0. The number of fused-ring (bicyclic) bond motifs is 3. The first-order valence-electron chi connectivity index (χ1n) is 12.4. The predicted octanol–water partition coefficient (Wildman–Crippen LogP) is 7.49. The van der Waals surface area contributed by atoms with Crippen molar-refractivity contribution in [1.82, 2.24) is 4.57 Å². The first-order valence-corrected chi connectivity index (χ1v) is 13.3. The van der Waals surface area contributed by atoms with Gasteiger partial charge < -0.3 is 15.2 Å². The van der Waals surface area contributed by atoms with Gasteiger partial charge >= 0.3 is 0 Å². The van der Waals surface area contributed by atoms with E-state index in [0.717, 1.165) is 28.1 Å². The van der Waals surface area contributed by atoms with Gasteiger partial charge in [0.2, 0.25) is 5.91 Å². The molecule has 4 aromatic carbocycles. The van der Waals surface area contributed by atoms with Crippen LogP contribution in [0.1, 0.15) is 29.8 Å². The number of amides is 2. The van der Waals surface area contributed by atoms with E-state index in [-0.39, 0.29) is 17.1 Å². The van der Waals surface area contributed by atoms with Crippen LogP contribution >= 0.6 is 11.8 Å². The molecule has 5 rings (SSSR count). The monoisotopic (exact) mass is 507 g/mol. The number of anilines is 2. The van der Waals surface area contributed by atoms with E-state index in [2.05, 4.69) is 52.5 Å². The molecule has 5 aromatic rings. The lowest BCUT2D eigenvalue weighted by Gasteiger charge is -2.13. The van der Waals surface area contributed by atoms with E-state index in [0.29, 0.717) is 11.3 Å². The van der Waals surface area contributed by atoms with Crippen molar-refractivity contribution in [1.29, 1.82) is 0 Å². The summed E-state index contributed by atoms with van der Waals surface area (Å²) in [6.45, 7) is 6.92. The minimum absolute atomic E-state index is 0.0552. The number of thioether (sulfide) groups is 1. The molecule has 186 valence electrons. The highest BCUT2D eigenvalue weighted by Gasteiger charge is 2.16. The molecule has 1 atom stereocenters. The van der Waals surface area contributed by atoms with Crippen LogP contribution in [0.4, 0.5) is 11.4 Å². The zero-order chi connectivity index (χ0) is 25.9. The molecule has 1 unspecified atom stereocenters. The quantitative estimate of drug-likeness (QED) is 0.224. The lowest BCUT2D eigenvalue weighted by Crippen LogP contribution is -2.22. The fourth-order valence-corrected chi connectivity index (χ4v) is 5.37. The van der Waals surface area contributed by atoms with Crippen LogP contribution in [0.3, 0.4) is 0 Å². The number of hydrogen-bond acceptors (Lipinski definition) is 3. The first kappa shape index (κ1) is 24.7. The maximum Gasteiger partial charge on any atom is 0.255 e. The molecule has 0 spiro atoms. The first-order chi connectivity index (χ1) is 17.9. The number of hydrogen-bond donors (Lipinski definition) is 2. The molecular weight excluding hydrogens is 478 g/mol. The number of nitrogens with zero attached hydrogens (tertiary/aromatic N) is 1. The summed E-state index contributed by atoms with van der Waals surface area (Å²) < 4.78 is 2.29. The third-order valence-corrected chi connectivity index (χ3v) is 7.58. The molecule has 0 radical (unpaired) electrons. The van der Waals surface area contributed by atoms with Gasteiger partial charge in [0.05, 0.1) is 5.25 Å². The lowest BCUT2D eigenvalue weighted by molar-refractivity contribution is -0.115. The van der Waals surface area contributed by atoms with Crippen molar-refractivity contribution < 1.29 is 9.59 Å². The Hall–Kier alpha value is -4.03. The second-order valence-electron chi connectivity index (χ2n) is 9.09. The van der Waals surface area contributed by atoms with Crippen LogP contribution < -0.4 is 10.6 Å². The molecule has 37 heavy (non-hydrogen) atoms. The smallest absolute Gasteiger partial charge is 0.255 e. The SMILES string of the molecule is CCn1c2ccccc2c2cc(NC(=O)C(C)Sc3ccc(NC(=O)c4ccc(C)cc4)cc3)ccc21. The van der Waals surface area contributed by atoms with Gasteiger partial charge in [-0.3, -0.25) is 9.59 Å². The van der Waals surface area contributed by atoms with E-state index in [9.17, 15) is 9.59 Å². The van der Waals surface area contributed by atoms with Crippen LogP contribution in [-0.4, -0.2) is 21.6 Å². The summed E-state index contributed by atoms with van der Waals surface area (Å²) in [5.74, 6) is -0.201. The highest BCUT2D eigenvalue weighted by molar-refractivity contribution is 8.00. The maximum absolute atomic E-state index is 13.0. The highest BCUT2D eigenvalue weighted by Crippen LogP contribution is 2.32. The fourth-order valence-electron chi connectivity index (χ4n) is 4.50. The Kier molecular flexibility index (Phi) is 7.01. The average Bonchev–Trinajstić information content (AvgIpc) is 3.23. The number of para-hydroxylation sites is 1. The van der Waals surface area contributed by atoms with Gasteiger partial charge in [0.25, 0.3) is 5.91 Å². The van der Waals surface area contributed by atoms with Gasteiger partial charge in [0.1, 0.15) is 0 Å². The molecule has 0 saturated carbocycles. The highest BCUT2D eigenvalue weighted by atomic mass is 32.2. The Morgan fingerprint density at radius 3 is 2.22 bits per heavy atom. The molecule has 0 aliphatic rings. The Morgan fingerprint density at radius 2 is 1.49 bits per heavy atom. The summed E-state index contributed by atoms with van der Waals surface area (Å²) in [6, 6.07) is 29.5. The molecule has 0 bridgehead atoms. The summed E-state index contributed by atoms with van der Waals surface area (Å²) in [5, 5.41) is 8.03. The molecule has 2 N–H and O–H groups in total. The van der Waals surface area contributed by atoms with Gasteiger partial charge in [-0.25, -0.2) is 0 Å². The topological polar surface area (TPSA) is 63.1 Å². The number of aryl methyl sites for hydroxylation is 2. The van der Waals surface area contributed by atoms with Crippen molar-refractivity contribution in [2.45, 2.75) is 37.5 Å². The molecule has 0 saturated heterocycles. The van der Waals surface area contributed by atoms with Crippen molar-refractivity contribution in [3.05, 3.63) is 102 Å². The molecule has 0 fully saturated rings. The normalized spacial score (nSPS) is 12.0. The number of aromatic nitrogens is 1. The molecule has 5 nitrogen and oxygen atoms in total. The van der Waals surface area contributed by atoms with Crippen LogP contribution in [-0.2, 0) is 11.3 Å². The Morgan fingerprint density at radius 1 is 0.811 bits per heavy atom. The molecule has 1 heterocycles. The van der Waals surface area contributed by atoms with Gasteiger partial charge in [0, 0.05) is 50.2 Å². The predicted molar refractivity (Wildman–Crippen MR) is 155 cm³/mol. The van der Waals surface area contributed by atoms with E-state index in [1.165, 1.54) is 28.2 Å². The standard InChI is InChI=1S/C31H29N3O2S/c1-4-34-28-8-6-5-7-26(28)27-19-24(15-18-29(27)34)33-30(35)21(3)37-25-16-13-23(14-17-25)32-31(36)22-11-9-20(2)10-12-22/h5-19,21H,4H2,1-3H3,(H,32,36)(H,33,35). The molecule has 0 aliphatic carbocycles. The van der Waals surface area contributed by atoms with Crippen molar-refractivity contribution >= 4 is 56.8 Å². The van der Waals surface area contributed by atoms with Crippen molar-refractivity contribution in [2.24, 2.45) is 0 Å². The number of carbonyl (C=O) groups excluding carboxylic acids is 2. The lowest BCUT2D eigenvalue weighted by atomic mass is 10.1. The van der Waals surface area contributed by atoms with Gasteiger partial charge in [-0.05, 0) is 81.4 Å². The minimum Gasteiger partial charge on any atom is -0.341 e. The number of benzene rings is 4. The zero-order valence-corrected chi connectivity index (χ0v) is 21.9. The van der Waals surface area contributed by atoms with Gasteiger partial charge in [-0.2, -0.15) is 0 Å².